The zero-order chi connectivity index (χ0) is 17.5. The van der Waals surface area contributed by atoms with Crippen molar-refractivity contribution in [1.82, 2.24) is 15.3 Å². The first-order valence-corrected chi connectivity index (χ1v) is 8.66. The number of aromatic nitrogens is 2. The number of hydrogen-bond donors (Lipinski definition) is 2. The Balaban J connectivity index is 1.70. The van der Waals surface area contributed by atoms with Crippen molar-refractivity contribution in [3.8, 4) is 6.07 Å². The van der Waals surface area contributed by atoms with Crippen LogP contribution >= 0.6 is 0 Å². The number of carbonyl (C=O) groups excluding carboxylic acids is 1. The Morgan fingerprint density at radius 3 is 2.64 bits per heavy atom. The van der Waals surface area contributed by atoms with E-state index in [1.807, 2.05) is 6.07 Å². The van der Waals surface area contributed by atoms with Crippen molar-refractivity contribution < 1.29 is 4.79 Å². The standard InChI is InChI=1S/C19H21N5O/c20-13-14-7-5-6-10-16(14)23-19-21-12-11-17(24-19)18(25)22-15-8-3-1-2-4-9-15/h5-7,10-12,15H,1-4,8-9H2,(H,22,25)(H,21,23,24). The zero-order valence-corrected chi connectivity index (χ0v) is 14.0. The normalized spacial score (nSPS) is 15.0. The van der Waals surface area contributed by atoms with Gasteiger partial charge in [-0.15, -0.1) is 0 Å². The Morgan fingerprint density at radius 1 is 1.12 bits per heavy atom. The van der Waals surface area contributed by atoms with Gasteiger partial charge in [0.15, 0.2) is 0 Å². The molecule has 1 aliphatic rings. The van der Waals surface area contributed by atoms with E-state index in [-0.39, 0.29) is 11.9 Å². The largest absolute Gasteiger partial charge is 0.348 e. The minimum atomic E-state index is -0.175. The predicted molar refractivity (Wildman–Crippen MR) is 95.4 cm³/mol. The van der Waals surface area contributed by atoms with Crippen LogP contribution in [0.25, 0.3) is 0 Å². The van der Waals surface area contributed by atoms with E-state index in [2.05, 4.69) is 26.7 Å². The Bertz CT molecular complexity index is 775. The highest BCUT2D eigenvalue weighted by atomic mass is 16.1. The van der Waals surface area contributed by atoms with E-state index in [1.165, 1.54) is 12.8 Å². The van der Waals surface area contributed by atoms with E-state index in [0.29, 0.717) is 22.9 Å². The second-order valence-electron chi connectivity index (χ2n) is 6.21. The van der Waals surface area contributed by atoms with Crippen molar-refractivity contribution >= 4 is 17.5 Å². The number of carbonyl (C=O) groups is 1. The van der Waals surface area contributed by atoms with Crippen molar-refractivity contribution in [2.45, 2.75) is 44.6 Å². The highest BCUT2D eigenvalue weighted by Crippen LogP contribution is 2.19. The number of benzene rings is 1. The maximum atomic E-state index is 12.5. The van der Waals surface area contributed by atoms with Crippen molar-refractivity contribution in [1.29, 1.82) is 5.26 Å². The predicted octanol–water partition coefficient (Wildman–Crippen LogP) is 3.54. The van der Waals surface area contributed by atoms with Crippen molar-refractivity contribution in [3.05, 3.63) is 47.8 Å². The average molecular weight is 335 g/mol. The third kappa shape index (κ3) is 4.54. The molecule has 0 aliphatic heterocycles. The van der Waals surface area contributed by atoms with E-state index in [4.69, 9.17) is 5.26 Å². The van der Waals surface area contributed by atoms with E-state index in [9.17, 15) is 4.79 Å². The molecule has 1 aliphatic carbocycles. The molecular weight excluding hydrogens is 314 g/mol. The van der Waals surface area contributed by atoms with E-state index in [0.717, 1.165) is 25.7 Å². The molecule has 0 saturated heterocycles. The molecule has 25 heavy (non-hydrogen) atoms. The van der Waals surface area contributed by atoms with Crippen molar-refractivity contribution in [2.75, 3.05) is 5.32 Å². The molecule has 3 rings (SSSR count). The lowest BCUT2D eigenvalue weighted by Crippen LogP contribution is -2.35. The van der Waals surface area contributed by atoms with Crippen LogP contribution in [0.3, 0.4) is 0 Å². The van der Waals surface area contributed by atoms with Gasteiger partial charge >= 0.3 is 0 Å². The van der Waals surface area contributed by atoms with Crippen LogP contribution in [0.4, 0.5) is 11.6 Å². The van der Waals surface area contributed by atoms with E-state index in [1.54, 1.807) is 30.5 Å². The second kappa shape index (κ2) is 8.25. The van der Waals surface area contributed by atoms with Gasteiger partial charge in [-0.05, 0) is 31.0 Å². The Hall–Kier alpha value is -2.94. The quantitative estimate of drug-likeness (QED) is 0.834. The van der Waals surface area contributed by atoms with Gasteiger partial charge in [0.2, 0.25) is 5.95 Å². The summed E-state index contributed by atoms with van der Waals surface area (Å²) in [6, 6.07) is 11.1. The summed E-state index contributed by atoms with van der Waals surface area (Å²) in [6.45, 7) is 0. The number of nitriles is 1. The lowest BCUT2D eigenvalue weighted by Gasteiger charge is -2.16. The summed E-state index contributed by atoms with van der Waals surface area (Å²) in [7, 11) is 0. The maximum absolute atomic E-state index is 12.5. The van der Waals surface area contributed by atoms with Crippen LogP contribution in [-0.4, -0.2) is 21.9 Å². The number of amides is 1. The molecule has 0 spiro atoms. The van der Waals surface area contributed by atoms with Crippen molar-refractivity contribution in [3.63, 3.8) is 0 Å². The number of nitrogens with one attached hydrogen (secondary N) is 2. The van der Waals surface area contributed by atoms with Crippen LogP contribution < -0.4 is 10.6 Å². The molecule has 6 heteroatoms. The Morgan fingerprint density at radius 2 is 1.88 bits per heavy atom. The lowest BCUT2D eigenvalue weighted by molar-refractivity contribution is 0.0928. The van der Waals surface area contributed by atoms with E-state index < -0.39 is 0 Å². The first-order chi connectivity index (χ1) is 12.3. The van der Waals surface area contributed by atoms with Crippen LogP contribution in [0.1, 0.15) is 54.6 Å². The average Bonchev–Trinajstić information content (AvgIpc) is 2.91. The molecule has 1 aromatic carbocycles. The molecule has 0 unspecified atom stereocenters. The van der Waals surface area contributed by atoms with Gasteiger partial charge in [-0.1, -0.05) is 37.8 Å². The summed E-state index contributed by atoms with van der Waals surface area (Å²) in [5, 5.41) is 15.2. The van der Waals surface area contributed by atoms with Gasteiger partial charge in [-0.25, -0.2) is 9.97 Å². The van der Waals surface area contributed by atoms with Crippen LogP contribution in [0.5, 0.6) is 0 Å². The first kappa shape index (κ1) is 16.9. The topological polar surface area (TPSA) is 90.7 Å². The Labute approximate surface area is 147 Å². The molecule has 1 aromatic heterocycles. The molecular formula is C19H21N5O. The molecule has 128 valence electrons. The zero-order valence-electron chi connectivity index (χ0n) is 14.0. The maximum Gasteiger partial charge on any atom is 0.270 e. The smallest absolute Gasteiger partial charge is 0.270 e. The molecule has 2 N–H and O–H groups in total. The number of nitrogens with zero attached hydrogens (tertiary/aromatic N) is 3. The van der Waals surface area contributed by atoms with Gasteiger partial charge in [0.1, 0.15) is 11.8 Å². The van der Waals surface area contributed by atoms with Gasteiger partial charge < -0.3 is 10.6 Å². The summed E-state index contributed by atoms with van der Waals surface area (Å²) >= 11 is 0. The SMILES string of the molecule is N#Cc1ccccc1Nc1nccc(C(=O)NC2CCCCCC2)n1. The summed E-state index contributed by atoms with van der Waals surface area (Å²) in [4.78, 5) is 20.9. The van der Waals surface area contributed by atoms with Gasteiger partial charge in [-0.3, -0.25) is 4.79 Å². The highest BCUT2D eigenvalue weighted by molar-refractivity contribution is 5.92. The first-order valence-electron chi connectivity index (χ1n) is 8.66. The molecule has 1 amide bonds. The van der Waals surface area contributed by atoms with Crippen LogP contribution in [0.15, 0.2) is 36.5 Å². The third-order valence-electron chi connectivity index (χ3n) is 4.37. The monoisotopic (exact) mass is 335 g/mol. The summed E-state index contributed by atoms with van der Waals surface area (Å²) < 4.78 is 0. The Kier molecular flexibility index (Phi) is 5.57. The fraction of sp³-hybridized carbons (Fsp3) is 0.368. The van der Waals surface area contributed by atoms with Gasteiger partial charge in [-0.2, -0.15) is 5.26 Å². The highest BCUT2D eigenvalue weighted by Gasteiger charge is 2.17. The fourth-order valence-corrected chi connectivity index (χ4v) is 3.04. The van der Waals surface area contributed by atoms with Crippen LogP contribution in [-0.2, 0) is 0 Å². The molecule has 6 nitrogen and oxygen atoms in total. The van der Waals surface area contributed by atoms with E-state index >= 15 is 0 Å². The molecule has 1 saturated carbocycles. The third-order valence-corrected chi connectivity index (χ3v) is 4.37. The molecule has 0 bridgehead atoms. The fourth-order valence-electron chi connectivity index (χ4n) is 3.04. The van der Waals surface area contributed by atoms with Gasteiger partial charge in [0.25, 0.3) is 5.91 Å². The summed E-state index contributed by atoms with van der Waals surface area (Å²) in [5.74, 6) is 0.127. The van der Waals surface area contributed by atoms with Crippen LogP contribution in [0.2, 0.25) is 0 Å². The molecule has 1 fully saturated rings. The minimum absolute atomic E-state index is 0.175. The second-order valence-corrected chi connectivity index (χ2v) is 6.21. The number of anilines is 2. The molecule has 1 heterocycles. The molecule has 0 atom stereocenters. The molecule has 0 radical (unpaired) electrons. The van der Waals surface area contributed by atoms with Gasteiger partial charge in [0, 0.05) is 12.2 Å². The number of rotatable bonds is 4. The van der Waals surface area contributed by atoms with Crippen LogP contribution in [0, 0.1) is 11.3 Å². The number of hydrogen-bond acceptors (Lipinski definition) is 5. The number of para-hydroxylation sites is 1. The minimum Gasteiger partial charge on any atom is -0.348 e. The molecule has 2 aromatic rings. The summed E-state index contributed by atoms with van der Waals surface area (Å²) in [5.41, 5.74) is 1.45. The lowest BCUT2D eigenvalue weighted by atomic mass is 10.1. The summed E-state index contributed by atoms with van der Waals surface area (Å²) in [6.07, 6.45) is 8.40. The van der Waals surface area contributed by atoms with Crippen molar-refractivity contribution in [2.24, 2.45) is 0 Å². The van der Waals surface area contributed by atoms with Gasteiger partial charge in [0.05, 0.1) is 11.3 Å².